The molecule has 3 aromatic rings. The fraction of sp³-hybridized carbons (Fsp3) is 0. The summed E-state index contributed by atoms with van der Waals surface area (Å²) in [6, 6.07) is 9.86. The van der Waals surface area contributed by atoms with E-state index in [0.29, 0.717) is 5.13 Å². The molecule has 0 fully saturated rings. The third-order valence-corrected chi connectivity index (χ3v) is 3.20. The second kappa shape index (κ2) is 5.40. The Morgan fingerprint density at radius 1 is 1.26 bits per heavy atom. The number of hydrogen-bond acceptors (Lipinski definition) is 6. The normalized spacial score (nSPS) is 10.9. The maximum atomic E-state index is 4.21. The van der Waals surface area contributed by atoms with E-state index in [1.54, 1.807) is 23.4 Å². The molecule has 1 N–H and O–H groups in total. The van der Waals surface area contributed by atoms with E-state index in [9.17, 15) is 0 Å². The highest BCUT2D eigenvalue weighted by Gasteiger charge is 2.02. The zero-order valence-corrected chi connectivity index (χ0v) is 10.7. The molecule has 0 aliphatic carbocycles. The Morgan fingerprint density at radius 2 is 2.16 bits per heavy atom. The van der Waals surface area contributed by atoms with Crippen LogP contribution in [-0.4, -0.2) is 26.0 Å². The van der Waals surface area contributed by atoms with Crippen molar-refractivity contribution in [3.8, 4) is 5.00 Å². The van der Waals surface area contributed by atoms with Gasteiger partial charge in [-0.25, -0.2) is 14.6 Å². The Balaban J connectivity index is 1.67. The van der Waals surface area contributed by atoms with Gasteiger partial charge >= 0.3 is 0 Å². The highest BCUT2D eigenvalue weighted by Crippen LogP contribution is 2.20. The molecule has 3 rings (SSSR count). The van der Waals surface area contributed by atoms with Crippen molar-refractivity contribution in [3.05, 3.63) is 54.7 Å². The van der Waals surface area contributed by atoms with E-state index in [2.05, 4.69) is 25.6 Å². The number of nitrogens with one attached hydrogen (secondary N) is 1. The summed E-state index contributed by atoms with van der Waals surface area (Å²) in [5.41, 5.74) is 3.92. The molecule has 7 heteroatoms. The first kappa shape index (κ1) is 11.5. The first-order valence-electron chi connectivity index (χ1n) is 5.57. The molecule has 0 saturated carbocycles. The Kier molecular flexibility index (Phi) is 3.28. The lowest BCUT2D eigenvalue weighted by molar-refractivity contribution is 0.893. The minimum atomic E-state index is 0.706. The molecule has 0 radical (unpaired) electrons. The lowest BCUT2D eigenvalue weighted by atomic mass is 10.2. The quantitative estimate of drug-likeness (QED) is 0.582. The van der Waals surface area contributed by atoms with Crippen LogP contribution in [-0.2, 0) is 0 Å². The molecule has 1 aromatic carbocycles. The van der Waals surface area contributed by atoms with Gasteiger partial charge in [-0.3, -0.25) is 5.43 Å². The number of thiazole rings is 1. The van der Waals surface area contributed by atoms with Crippen LogP contribution in [0.1, 0.15) is 5.56 Å². The molecule has 0 unspecified atom stereocenters. The minimum Gasteiger partial charge on any atom is -0.253 e. The van der Waals surface area contributed by atoms with Crippen molar-refractivity contribution in [1.82, 2.24) is 19.7 Å². The van der Waals surface area contributed by atoms with Crippen LogP contribution in [0.3, 0.4) is 0 Å². The van der Waals surface area contributed by atoms with Gasteiger partial charge in [-0.05, 0) is 5.56 Å². The van der Waals surface area contributed by atoms with Crippen LogP contribution in [0.2, 0.25) is 0 Å². The fourth-order valence-corrected chi connectivity index (χ4v) is 2.14. The summed E-state index contributed by atoms with van der Waals surface area (Å²) in [6.45, 7) is 0. The van der Waals surface area contributed by atoms with Gasteiger partial charge in [0.25, 0.3) is 0 Å². The van der Waals surface area contributed by atoms with Crippen LogP contribution >= 0.6 is 11.3 Å². The molecule has 19 heavy (non-hydrogen) atoms. The van der Waals surface area contributed by atoms with Crippen LogP contribution in [0.15, 0.2) is 54.3 Å². The van der Waals surface area contributed by atoms with Crippen LogP contribution < -0.4 is 5.43 Å². The SMILES string of the molecule is C(=NNc1ncc(-n2cncn2)s1)c1ccccc1. The number of anilines is 1. The number of rotatable bonds is 4. The van der Waals surface area contributed by atoms with E-state index in [0.717, 1.165) is 10.6 Å². The van der Waals surface area contributed by atoms with E-state index in [1.165, 1.54) is 17.7 Å². The van der Waals surface area contributed by atoms with Crippen molar-refractivity contribution < 1.29 is 0 Å². The first-order chi connectivity index (χ1) is 9.42. The van der Waals surface area contributed by atoms with Gasteiger partial charge in [-0.1, -0.05) is 41.7 Å². The van der Waals surface area contributed by atoms with Gasteiger partial charge < -0.3 is 0 Å². The average Bonchev–Trinajstić information content (AvgIpc) is 3.10. The monoisotopic (exact) mass is 270 g/mol. The van der Waals surface area contributed by atoms with Gasteiger partial charge in [-0.2, -0.15) is 10.2 Å². The summed E-state index contributed by atoms with van der Waals surface area (Å²) in [6.07, 6.45) is 6.58. The Labute approximate surface area is 113 Å². The summed E-state index contributed by atoms with van der Waals surface area (Å²) in [4.78, 5) is 8.10. The third kappa shape index (κ3) is 2.83. The van der Waals surface area contributed by atoms with Gasteiger partial charge in [-0.15, -0.1) is 0 Å². The number of hydrazone groups is 1. The molecule has 0 spiro atoms. The molecular formula is C12H10N6S. The molecule has 6 nitrogen and oxygen atoms in total. The largest absolute Gasteiger partial charge is 0.253 e. The maximum Gasteiger partial charge on any atom is 0.205 e. The highest BCUT2D eigenvalue weighted by atomic mass is 32.1. The number of nitrogens with zero attached hydrogens (tertiary/aromatic N) is 5. The highest BCUT2D eigenvalue weighted by molar-refractivity contribution is 7.17. The standard InChI is InChI=1S/C12H10N6S/c1-2-4-10(5-3-1)6-15-17-12-14-7-11(19-12)18-9-13-8-16-18/h1-9H,(H,14,17). The van der Waals surface area contributed by atoms with Crippen molar-refractivity contribution in [2.45, 2.75) is 0 Å². The molecule has 0 saturated heterocycles. The molecule has 0 aliphatic rings. The molecule has 0 aliphatic heterocycles. The van der Waals surface area contributed by atoms with Crippen LogP contribution in [0.4, 0.5) is 5.13 Å². The summed E-state index contributed by atoms with van der Waals surface area (Å²) >= 11 is 1.45. The molecule has 94 valence electrons. The lowest BCUT2D eigenvalue weighted by Crippen LogP contribution is -1.89. The second-order valence-electron chi connectivity index (χ2n) is 3.62. The van der Waals surface area contributed by atoms with Gasteiger partial charge in [0.2, 0.25) is 5.13 Å². The number of benzene rings is 1. The maximum absolute atomic E-state index is 4.21. The van der Waals surface area contributed by atoms with Crippen LogP contribution in [0.25, 0.3) is 5.00 Å². The molecule has 2 heterocycles. The summed E-state index contributed by atoms with van der Waals surface area (Å²) < 4.78 is 1.66. The zero-order chi connectivity index (χ0) is 12.9. The van der Waals surface area contributed by atoms with Crippen molar-refractivity contribution in [3.63, 3.8) is 0 Å². The van der Waals surface area contributed by atoms with E-state index in [-0.39, 0.29) is 0 Å². The van der Waals surface area contributed by atoms with Crippen molar-refractivity contribution in [2.24, 2.45) is 5.10 Å². The van der Waals surface area contributed by atoms with Gasteiger partial charge in [0, 0.05) is 0 Å². The summed E-state index contributed by atoms with van der Waals surface area (Å²) in [5.74, 6) is 0. The van der Waals surface area contributed by atoms with Crippen molar-refractivity contribution in [1.29, 1.82) is 0 Å². The Bertz CT molecular complexity index is 659. The van der Waals surface area contributed by atoms with Gasteiger partial charge in [0.1, 0.15) is 17.7 Å². The number of aromatic nitrogens is 4. The van der Waals surface area contributed by atoms with E-state index in [1.807, 2.05) is 30.3 Å². The van der Waals surface area contributed by atoms with Crippen molar-refractivity contribution >= 4 is 22.7 Å². The predicted molar refractivity (Wildman–Crippen MR) is 74.7 cm³/mol. The van der Waals surface area contributed by atoms with E-state index in [4.69, 9.17) is 0 Å². The van der Waals surface area contributed by atoms with Crippen molar-refractivity contribution in [2.75, 3.05) is 5.43 Å². The second-order valence-corrected chi connectivity index (χ2v) is 4.63. The first-order valence-corrected chi connectivity index (χ1v) is 6.38. The summed E-state index contributed by atoms with van der Waals surface area (Å²) in [7, 11) is 0. The Hall–Kier alpha value is -2.54. The molecule has 0 bridgehead atoms. The topological polar surface area (TPSA) is 68.0 Å². The minimum absolute atomic E-state index is 0.706. The lowest BCUT2D eigenvalue weighted by Gasteiger charge is -1.93. The zero-order valence-electron chi connectivity index (χ0n) is 9.84. The van der Waals surface area contributed by atoms with Crippen LogP contribution in [0.5, 0.6) is 0 Å². The smallest absolute Gasteiger partial charge is 0.205 e. The Morgan fingerprint density at radius 3 is 2.95 bits per heavy atom. The average molecular weight is 270 g/mol. The molecular weight excluding hydrogens is 260 g/mol. The number of hydrogen-bond donors (Lipinski definition) is 1. The fourth-order valence-electron chi connectivity index (χ4n) is 1.45. The molecule has 0 amide bonds. The molecule has 0 atom stereocenters. The van der Waals surface area contributed by atoms with Gasteiger partial charge in [0.15, 0.2) is 0 Å². The summed E-state index contributed by atoms with van der Waals surface area (Å²) in [5, 5.41) is 9.76. The van der Waals surface area contributed by atoms with Crippen LogP contribution in [0, 0.1) is 0 Å². The molecule has 2 aromatic heterocycles. The van der Waals surface area contributed by atoms with E-state index < -0.39 is 0 Å². The predicted octanol–water partition coefficient (Wildman–Crippen LogP) is 2.17. The third-order valence-electron chi connectivity index (χ3n) is 2.31. The van der Waals surface area contributed by atoms with E-state index >= 15 is 0 Å². The van der Waals surface area contributed by atoms with Gasteiger partial charge in [0.05, 0.1) is 12.4 Å².